The number of amides is 1. The second-order valence-corrected chi connectivity index (χ2v) is 6.78. The highest BCUT2D eigenvalue weighted by molar-refractivity contribution is 8.07. The molecule has 0 aromatic rings. The van der Waals surface area contributed by atoms with Gasteiger partial charge in [0.15, 0.2) is 0 Å². The normalized spacial score (nSPS) is 25.2. The molecular formula is C11H22ClN3OS2. The van der Waals surface area contributed by atoms with Gasteiger partial charge in [0.05, 0.1) is 5.25 Å². The Labute approximate surface area is 124 Å². The fourth-order valence-electron chi connectivity index (χ4n) is 2.02. The van der Waals surface area contributed by atoms with Crippen molar-refractivity contribution in [3.8, 4) is 0 Å². The minimum atomic E-state index is 0. The minimum absolute atomic E-state index is 0. The molecule has 1 atom stereocenters. The summed E-state index contributed by atoms with van der Waals surface area (Å²) in [6.45, 7) is 6.12. The molecule has 2 aliphatic heterocycles. The second kappa shape index (κ2) is 9.31. The van der Waals surface area contributed by atoms with Crippen LogP contribution in [0.3, 0.4) is 0 Å². The van der Waals surface area contributed by atoms with Crippen molar-refractivity contribution in [1.29, 1.82) is 0 Å². The van der Waals surface area contributed by atoms with E-state index in [1.807, 2.05) is 11.8 Å². The Balaban J connectivity index is 0.00000162. The quantitative estimate of drug-likeness (QED) is 0.781. The van der Waals surface area contributed by atoms with E-state index in [1.165, 1.54) is 5.75 Å². The van der Waals surface area contributed by atoms with Crippen molar-refractivity contribution < 1.29 is 4.79 Å². The molecule has 2 aliphatic rings. The van der Waals surface area contributed by atoms with Crippen molar-refractivity contribution >= 4 is 41.8 Å². The van der Waals surface area contributed by atoms with Gasteiger partial charge in [-0.1, -0.05) is 0 Å². The van der Waals surface area contributed by atoms with E-state index in [4.69, 9.17) is 0 Å². The van der Waals surface area contributed by atoms with Crippen molar-refractivity contribution in [1.82, 2.24) is 15.5 Å². The average molecular weight is 312 g/mol. The Bertz CT molecular complexity index is 246. The van der Waals surface area contributed by atoms with Crippen LogP contribution in [0, 0.1) is 0 Å². The maximum Gasteiger partial charge on any atom is 0.234 e. The van der Waals surface area contributed by atoms with Crippen LogP contribution < -0.4 is 10.6 Å². The monoisotopic (exact) mass is 311 g/mol. The van der Waals surface area contributed by atoms with Gasteiger partial charge in [0, 0.05) is 56.5 Å². The third-order valence-electron chi connectivity index (χ3n) is 3.05. The van der Waals surface area contributed by atoms with E-state index in [9.17, 15) is 4.79 Å². The first-order valence-corrected chi connectivity index (χ1v) is 8.47. The summed E-state index contributed by atoms with van der Waals surface area (Å²) in [7, 11) is 0. The molecule has 2 rings (SSSR count). The third-order valence-corrected chi connectivity index (χ3v) is 5.80. The molecule has 2 heterocycles. The van der Waals surface area contributed by atoms with Gasteiger partial charge in [0.1, 0.15) is 0 Å². The highest BCUT2D eigenvalue weighted by Gasteiger charge is 2.21. The van der Waals surface area contributed by atoms with Crippen LogP contribution in [0.15, 0.2) is 0 Å². The van der Waals surface area contributed by atoms with E-state index in [0.29, 0.717) is 0 Å². The fraction of sp³-hybridized carbons (Fsp3) is 0.909. The molecule has 0 bridgehead atoms. The number of carbonyl (C=O) groups excluding carboxylic acids is 1. The van der Waals surface area contributed by atoms with Crippen molar-refractivity contribution in [2.45, 2.75) is 5.25 Å². The van der Waals surface area contributed by atoms with Crippen LogP contribution in [-0.4, -0.2) is 72.6 Å². The standard InChI is InChI=1S/C11H21N3OS2.ClH/c15-11(10-9-16-7-8-17-10)13-3-6-14-4-1-12-2-5-14;/h10,12H,1-9H2,(H,13,15);1H. The molecule has 0 radical (unpaired) electrons. The van der Waals surface area contributed by atoms with Gasteiger partial charge in [-0.05, 0) is 0 Å². The van der Waals surface area contributed by atoms with Gasteiger partial charge < -0.3 is 10.6 Å². The number of piperazine rings is 1. The summed E-state index contributed by atoms with van der Waals surface area (Å²) in [6.07, 6.45) is 0. The summed E-state index contributed by atoms with van der Waals surface area (Å²) < 4.78 is 0. The number of hydrogen-bond acceptors (Lipinski definition) is 5. The molecular weight excluding hydrogens is 290 g/mol. The van der Waals surface area contributed by atoms with Crippen molar-refractivity contribution in [3.05, 3.63) is 0 Å². The van der Waals surface area contributed by atoms with Gasteiger partial charge in [0.25, 0.3) is 0 Å². The highest BCUT2D eigenvalue weighted by Crippen LogP contribution is 2.23. The van der Waals surface area contributed by atoms with Gasteiger partial charge in [-0.25, -0.2) is 0 Å². The van der Waals surface area contributed by atoms with Crippen molar-refractivity contribution in [3.63, 3.8) is 0 Å². The maximum absolute atomic E-state index is 11.9. The van der Waals surface area contributed by atoms with Crippen LogP contribution in [-0.2, 0) is 4.79 Å². The first kappa shape index (κ1) is 16.4. The Morgan fingerprint density at radius 2 is 2.11 bits per heavy atom. The number of nitrogens with one attached hydrogen (secondary N) is 2. The summed E-state index contributed by atoms with van der Waals surface area (Å²) in [5, 5.41) is 6.57. The van der Waals surface area contributed by atoms with E-state index >= 15 is 0 Å². The van der Waals surface area contributed by atoms with Crippen molar-refractivity contribution in [2.24, 2.45) is 0 Å². The number of rotatable bonds is 4. The molecule has 18 heavy (non-hydrogen) atoms. The van der Waals surface area contributed by atoms with Gasteiger partial charge >= 0.3 is 0 Å². The molecule has 2 fully saturated rings. The molecule has 2 N–H and O–H groups in total. The molecule has 0 saturated carbocycles. The zero-order chi connectivity index (χ0) is 11.9. The van der Waals surface area contributed by atoms with E-state index in [0.717, 1.165) is 50.8 Å². The average Bonchev–Trinajstić information content (AvgIpc) is 2.41. The summed E-state index contributed by atoms with van der Waals surface area (Å²) in [6, 6.07) is 0. The molecule has 1 unspecified atom stereocenters. The predicted molar refractivity (Wildman–Crippen MR) is 83.1 cm³/mol. The molecule has 106 valence electrons. The van der Waals surface area contributed by atoms with Crippen LogP contribution in [0.4, 0.5) is 0 Å². The topological polar surface area (TPSA) is 44.4 Å². The molecule has 0 aliphatic carbocycles. The Morgan fingerprint density at radius 1 is 1.33 bits per heavy atom. The number of hydrogen-bond donors (Lipinski definition) is 2. The largest absolute Gasteiger partial charge is 0.354 e. The summed E-state index contributed by atoms with van der Waals surface area (Å²) in [5.74, 6) is 3.51. The van der Waals surface area contributed by atoms with E-state index in [1.54, 1.807) is 11.8 Å². The van der Waals surface area contributed by atoms with Gasteiger partial charge in [-0.15, -0.1) is 24.2 Å². The van der Waals surface area contributed by atoms with Crippen LogP contribution in [0.25, 0.3) is 0 Å². The number of carbonyl (C=O) groups is 1. The first-order valence-electron chi connectivity index (χ1n) is 6.26. The van der Waals surface area contributed by atoms with Crippen LogP contribution in [0.1, 0.15) is 0 Å². The molecule has 4 nitrogen and oxygen atoms in total. The van der Waals surface area contributed by atoms with Crippen LogP contribution >= 0.6 is 35.9 Å². The molecule has 1 amide bonds. The second-order valence-electron chi connectivity index (χ2n) is 4.32. The lowest BCUT2D eigenvalue weighted by Gasteiger charge is -2.27. The SMILES string of the molecule is Cl.O=C(NCCN1CCNCC1)C1CSCCS1. The molecule has 7 heteroatoms. The molecule has 2 saturated heterocycles. The maximum atomic E-state index is 11.9. The third kappa shape index (κ3) is 5.57. The molecule has 0 spiro atoms. The number of thioether (sulfide) groups is 2. The Kier molecular flexibility index (Phi) is 8.50. The van der Waals surface area contributed by atoms with Crippen LogP contribution in [0.5, 0.6) is 0 Å². The minimum Gasteiger partial charge on any atom is -0.354 e. The smallest absolute Gasteiger partial charge is 0.234 e. The lowest BCUT2D eigenvalue weighted by Crippen LogP contribution is -2.47. The van der Waals surface area contributed by atoms with Crippen molar-refractivity contribution in [2.75, 3.05) is 56.5 Å². The summed E-state index contributed by atoms with van der Waals surface area (Å²) in [5.41, 5.74) is 0. The van der Waals surface area contributed by atoms with Gasteiger partial charge in [0.2, 0.25) is 5.91 Å². The lowest BCUT2D eigenvalue weighted by molar-refractivity contribution is -0.120. The summed E-state index contributed by atoms with van der Waals surface area (Å²) in [4.78, 5) is 14.3. The highest BCUT2D eigenvalue weighted by atomic mass is 35.5. The van der Waals surface area contributed by atoms with E-state index < -0.39 is 0 Å². The Morgan fingerprint density at radius 3 is 2.78 bits per heavy atom. The van der Waals surface area contributed by atoms with Gasteiger partial charge in [-0.2, -0.15) is 11.8 Å². The molecule has 0 aromatic carbocycles. The van der Waals surface area contributed by atoms with E-state index in [-0.39, 0.29) is 23.6 Å². The van der Waals surface area contributed by atoms with Gasteiger partial charge in [-0.3, -0.25) is 9.69 Å². The fourth-order valence-corrected chi connectivity index (χ4v) is 4.61. The molecule has 0 aromatic heterocycles. The number of halogens is 1. The zero-order valence-corrected chi connectivity index (χ0v) is 13.0. The Hall–Kier alpha value is 0.380. The zero-order valence-electron chi connectivity index (χ0n) is 10.5. The predicted octanol–water partition coefficient (Wildman–Crippen LogP) is 0.278. The first-order chi connectivity index (χ1) is 8.36. The summed E-state index contributed by atoms with van der Waals surface area (Å²) >= 11 is 3.69. The van der Waals surface area contributed by atoms with Crippen LogP contribution in [0.2, 0.25) is 0 Å². The van der Waals surface area contributed by atoms with E-state index in [2.05, 4.69) is 15.5 Å². The number of nitrogens with zero attached hydrogens (tertiary/aromatic N) is 1. The lowest BCUT2D eigenvalue weighted by atomic mass is 10.3.